The minimum atomic E-state index is -0.922. The molecule has 5 nitrogen and oxygen atoms in total. The number of carboxylic acid groups (broad SMARTS) is 1. The summed E-state index contributed by atoms with van der Waals surface area (Å²) in [7, 11) is 0. The third-order valence-electron chi connectivity index (χ3n) is 2.48. The number of thioether (sulfide) groups is 1. The molecule has 19 heavy (non-hydrogen) atoms. The summed E-state index contributed by atoms with van der Waals surface area (Å²) >= 11 is 1.69. The van der Waals surface area contributed by atoms with Gasteiger partial charge in [0.25, 0.3) is 0 Å². The Kier molecular flexibility index (Phi) is 6.81. The van der Waals surface area contributed by atoms with Crippen LogP contribution in [-0.4, -0.2) is 36.5 Å². The molecule has 1 aromatic rings. The van der Waals surface area contributed by atoms with Gasteiger partial charge in [0.2, 0.25) is 0 Å². The van der Waals surface area contributed by atoms with Crippen molar-refractivity contribution in [1.29, 1.82) is 0 Å². The quantitative estimate of drug-likeness (QED) is 0.665. The number of urea groups is 1. The monoisotopic (exact) mass is 282 g/mol. The van der Waals surface area contributed by atoms with E-state index in [1.807, 2.05) is 30.5 Å². The first-order chi connectivity index (χ1) is 9.11. The van der Waals surface area contributed by atoms with Crippen molar-refractivity contribution >= 4 is 23.8 Å². The number of carbonyl (C=O) groups is 2. The van der Waals surface area contributed by atoms with Crippen molar-refractivity contribution in [1.82, 2.24) is 10.6 Å². The molecule has 104 valence electrons. The third kappa shape index (κ3) is 6.71. The molecule has 1 aromatic carbocycles. The van der Waals surface area contributed by atoms with Gasteiger partial charge in [0.05, 0.1) is 6.42 Å². The largest absolute Gasteiger partial charge is 0.481 e. The smallest absolute Gasteiger partial charge is 0.314 e. The van der Waals surface area contributed by atoms with E-state index in [9.17, 15) is 9.59 Å². The third-order valence-corrected chi connectivity index (χ3v) is 3.23. The summed E-state index contributed by atoms with van der Waals surface area (Å²) in [4.78, 5) is 22.8. The molecule has 0 spiro atoms. The minimum Gasteiger partial charge on any atom is -0.481 e. The average molecular weight is 282 g/mol. The first-order valence-electron chi connectivity index (χ1n) is 5.98. The Morgan fingerprint density at radius 2 is 1.79 bits per heavy atom. The fraction of sp³-hybridized carbons (Fsp3) is 0.385. The lowest BCUT2D eigenvalue weighted by Gasteiger charge is -2.07. The Labute approximate surface area is 116 Å². The van der Waals surface area contributed by atoms with Gasteiger partial charge in [0.15, 0.2) is 0 Å². The number of carbonyl (C=O) groups excluding carboxylic acids is 1. The molecule has 0 aliphatic carbocycles. The number of amides is 2. The predicted octanol–water partition coefficient (Wildman–Crippen LogP) is 1.72. The Morgan fingerprint density at radius 3 is 2.37 bits per heavy atom. The zero-order valence-corrected chi connectivity index (χ0v) is 11.6. The maximum absolute atomic E-state index is 11.3. The van der Waals surface area contributed by atoms with Crippen LogP contribution in [0.2, 0.25) is 0 Å². The Balaban J connectivity index is 2.18. The first kappa shape index (κ1) is 15.4. The van der Waals surface area contributed by atoms with E-state index in [4.69, 9.17) is 5.11 Å². The highest BCUT2D eigenvalue weighted by molar-refractivity contribution is 7.98. The highest BCUT2D eigenvalue weighted by atomic mass is 32.2. The normalized spacial score (nSPS) is 9.95. The number of nitrogens with one attached hydrogen (secondary N) is 2. The maximum Gasteiger partial charge on any atom is 0.314 e. The van der Waals surface area contributed by atoms with Gasteiger partial charge in [-0.25, -0.2) is 4.79 Å². The van der Waals surface area contributed by atoms with Crippen molar-refractivity contribution in [2.45, 2.75) is 17.7 Å². The van der Waals surface area contributed by atoms with Gasteiger partial charge < -0.3 is 15.7 Å². The topological polar surface area (TPSA) is 78.4 Å². The maximum atomic E-state index is 11.3. The second-order valence-corrected chi connectivity index (χ2v) is 4.80. The molecule has 0 atom stereocenters. The lowest BCUT2D eigenvalue weighted by molar-refractivity contribution is -0.136. The van der Waals surface area contributed by atoms with Crippen molar-refractivity contribution < 1.29 is 14.7 Å². The number of rotatable bonds is 7. The second-order valence-electron chi connectivity index (χ2n) is 3.92. The molecular formula is C13H18N2O3S. The van der Waals surface area contributed by atoms with E-state index in [0.29, 0.717) is 6.54 Å². The van der Waals surface area contributed by atoms with E-state index >= 15 is 0 Å². The molecule has 0 saturated heterocycles. The SMILES string of the molecule is CSc1ccc(CCNC(=O)NCCC(=O)O)cc1. The molecule has 0 aromatic heterocycles. The zero-order valence-electron chi connectivity index (χ0n) is 10.8. The fourth-order valence-electron chi connectivity index (χ4n) is 1.46. The van der Waals surface area contributed by atoms with Gasteiger partial charge in [-0.05, 0) is 30.4 Å². The molecule has 0 radical (unpaired) electrons. The van der Waals surface area contributed by atoms with E-state index in [1.54, 1.807) is 11.8 Å². The van der Waals surface area contributed by atoms with Gasteiger partial charge in [-0.3, -0.25) is 4.79 Å². The summed E-state index contributed by atoms with van der Waals surface area (Å²) in [6.07, 6.45) is 2.71. The van der Waals surface area contributed by atoms with Crippen LogP contribution in [0.3, 0.4) is 0 Å². The van der Waals surface area contributed by atoms with Crippen LogP contribution < -0.4 is 10.6 Å². The van der Waals surface area contributed by atoms with Gasteiger partial charge in [-0.1, -0.05) is 12.1 Å². The highest BCUT2D eigenvalue weighted by Gasteiger charge is 2.01. The standard InChI is InChI=1S/C13H18N2O3S/c1-19-11-4-2-10(3-5-11)6-8-14-13(18)15-9-7-12(16)17/h2-5H,6-9H2,1H3,(H,16,17)(H2,14,15,18). The van der Waals surface area contributed by atoms with Crippen molar-refractivity contribution in [3.63, 3.8) is 0 Å². The molecule has 0 aliphatic rings. The molecule has 2 amide bonds. The molecule has 0 saturated carbocycles. The molecular weight excluding hydrogens is 264 g/mol. The molecule has 1 rings (SSSR count). The van der Waals surface area contributed by atoms with Gasteiger partial charge >= 0.3 is 12.0 Å². The van der Waals surface area contributed by atoms with Crippen LogP contribution in [0.1, 0.15) is 12.0 Å². The lowest BCUT2D eigenvalue weighted by atomic mass is 10.1. The van der Waals surface area contributed by atoms with Crippen LogP contribution in [0.25, 0.3) is 0 Å². The van der Waals surface area contributed by atoms with Gasteiger partial charge in [-0.2, -0.15) is 0 Å². The van der Waals surface area contributed by atoms with Gasteiger partial charge in [0, 0.05) is 18.0 Å². The average Bonchev–Trinajstić information content (AvgIpc) is 2.39. The molecule has 0 aliphatic heterocycles. The summed E-state index contributed by atoms with van der Waals surface area (Å²) < 4.78 is 0. The van der Waals surface area contributed by atoms with Crippen LogP contribution >= 0.6 is 11.8 Å². The highest BCUT2D eigenvalue weighted by Crippen LogP contribution is 2.14. The number of benzene rings is 1. The molecule has 3 N–H and O–H groups in total. The molecule has 6 heteroatoms. The summed E-state index contributed by atoms with van der Waals surface area (Å²) in [6.45, 7) is 0.668. The molecule has 0 heterocycles. The summed E-state index contributed by atoms with van der Waals surface area (Å²) in [6, 6.07) is 7.84. The summed E-state index contributed by atoms with van der Waals surface area (Å²) in [5, 5.41) is 13.6. The number of aliphatic carboxylic acids is 1. The second kappa shape index (κ2) is 8.42. The minimum absolute atomic E-state index is 0.0659. The van der Waals surface area contributed by atoms with Crippen molar-refractivity contribution in [2.75, 3.05) is 19.3 Å². The van der Waals surface area contributed by atoms with Crippen LogP contribution in [0.15, 0.2) is 29.2 Å². The Hall–Kier alpha value is -1.69. The summed E-state index contributed by atoms with van der Waals surface area (Å²) in [5.41, 5.74) is 1.16. The van der Waals surface area contributed by atoms with Crippen LogP contribution in [0.4, 0.5) is 4.79 Å². The summed E-state index contributed by atoms with van der Waals surface area (Å²) in [5.74, 6) is -0.922. The van der Waals surface area contributed by atoms with Crippen molar-refractivity contribution in [2.24, 2.45) is 0 Å². The molecule has 0 unspecified atom stereocenters. The Bertz CT molecular complexity index is 420. The van der Waals surface area contributed by atoms with Crippen LogP contribution in [0, 0.1) is 0 Å². The van der Waals surface area contributed by atoms with E-state index in [-0.39, 0.29) is 19.0 Å². The van der Waals surface area contributed by atoms with E-state index in [0.717, 1.165) is 12.0 Å². The lowest BCUT2D eigenvalue weighted by Crippen LogP contribution is -2.37. The van der Waals surface area contributed by atoms with Crippen molar-refractivity contribution in [3.05, 3.63) is 29.8 Å². The predicted molar refractivity (Wildman–Crippen MR) is 75.6 cm³/mol. The van der Waals surface area contributed by atoms with Crippen LogP contribution in [-0.2, 0) is 11.2 Å². The first-order valence-corrected chi connectivity index (χ1v) is 7.20. The fourth-order valence-corrected chi connectivity index (χ4v) is 1.87. The van der Waals surface area contributed by atoms with Gasteiger partial charge in [0.1, 0.15) is 0 Å². The molecule has 0 fully saturated rings. The zero-order chi connectivity index (χ0) is 14.1. The van der Waals surface area contributed by atoms with E-state index in [1.165, 1.54) is 4.90 Å². The number of carboxylic acids is 1. The van der Waals surface area contributed by atoms with Crippen molar-refractivity contribution in [3.8, 4) is 0 Å². The number of hydrogen-bond donors (Lipinski definition) is 3. The van der Waals surface area contributed by atoms with E-state index < -0.39 is 5.97 Å². The van der Waals surface area contributed by atoms with Crippen LogP contribution in [0.5, 0.6) is 0 Å². The Morgan fingerprint density at radius 1 is 1.16 bits per heavy atom. The van der Waals surface area contributed by atoms with Gasteiger partial charge in [-0.15, -0.1) is 11.8 Å². The van der Waals surface area contributed by atoms with E-state index in [2.05, 4.69) is 10.6 Å². The number of hydrogen-bond acceptors (Lipinski definition) is 3. The molecule has 0 bridgehead atoms.